The SMILES string of the molecule is O=C(c1ccc(=O)n(Cc2ccc(F)cc2)n1)N1CCCc2ccccc21. The van der Waals surface area contributed by atoms with E-state index in [0.717, 1.165) is 29.7 Å². The number of rotatable bonds is 3. The summed E-state index contributed by atoms with van der Waals surface area (Å²) in [5.74, 6) is -0.568. The van der Waals surface area contributed by atoms with Crippen molar-refractivity contribution in [2.45, 2.75) is 19.4 Å². The molecule has 27 heavy (non-hydrogen) atoms. The van der Waals surface area contributed by atoms with Gasteiger partial charge in [-0.2, -0.15) is 5.10 Å². The minimum Gasteiger partial charge on any atom is -0.307 e. The third-order valence-corrected chi connectivity index (χ3v) is 4.69. The molecule has 4 rings (SSSR count). The average Bonchev–Trinajstić information content (AvgIpc) is 2.70. The molecule has 0 atom stereocenters. The van der Waals surface area contributed by atoms with E-state index < -0.39 is 0 Å². The van der Waals surface area contributed by atoms with Gasteiger partial charge in [0.05, 0.1) is 6.54 Å². The first-order valence-electron chi connectivity index (χ1n) is 8.84. The van der Waals surface area contributed by atoms with Crippen LogP contribution in [0, 0.1) is 5.82 Å². The summed E-state index contributed by atoms with van der Waals surface area (Å²) >= 11 is 0. The maximum atomic E-state index is 13.1. The highest BCUT2D eigenvalue weighted by Gasteiger charge is 2.24. The largest absolute Gasteiger partial charge is 0.307 e. The van der Waals surface area contributed by atoms with E-state index in [1.165, 1.54) is 28.9 Å². The van der Waals surface area contributed by atoms with Gasteiger partial charge in [-0.05, 0) is 48.2 Å². The number of para-hydroxylation sites is 1. The van der Waals surface area contributed by atoms with E-state index in [2.05, 4.69) is 5.10 Å². The maximum absolute atomic E-state index is 13.1. The van der Waals surface area contributed by atoms with Crippen molar-refractivity contribution in [3.8, 4) is 0 Å². The van der Waals surface area contributed by atoms with Crippen LogP contribution in [0.3, 0.4) is 0 Å². The van der Waals surface area contributed by atoms with E-state index in [4.69, 9.17) is 0 Å². The van der Waals surface area contributed by atoms with Crippen LogP contribution >= 0.6 is 0 Å². The zero-order chi connectivity index (χ0) is 18.8. The molecule has 0 radical (unpaired) electrons. The third-order valence-electron chi connectivity index (χ3n) is 4.69. The molecule has 6 heteroatoms. The van der Waals surface area contributed by atoms with E-state index in [1.54, 1.807) is 17.0 Å². The van der Waals surface area contributed by atoms with Gasteiger partial charge in [0, 0.05) is 18.3 Å². The monoisotopic (exact) mass is 363 g/mol. The summed E-state index contributed by atoms with van der Waals surface area (Å²) in [5, 5.41) is 4.26. The third kappa shape index (κ3) is 3.51. The molecule has 2 heterocycles. The number of amides is 1. The van der Waals surface area contributed by atoms with Gasteiger partial charge in [0.1, 0.15) is 11.5 Å². The van der Waals surface area contributed by atoms with Crippen molar-refractivity contribution in [2.75, 3.05) is 11.4 Å². The van der Waals surface area contributed by atoms with Crippen molar-refractivity contribution in [3.05, 3.63) is 93.7 Å². The van der Waals surface area contributed by atoms with Crippen LogP contribution in [-0.2, 0) is 13.0 Å². The Kier molecular flexibility index (Phi) is 4.54. The molecular weight excluding hydrogens is 345 g/mol. The van der Waals surface area contributed by atoms with Gasteiger partial charge in [-0.1, -0.05) is 30.3 Å². The summed E-state index contributed by atoms with van der Waals surface area (Å²) in [7, 11) is 0. The van der Waals surface area contributed by atoms with Gasteiger partial charge >= 0.3 is 0 Å². The number of halogens is 1. The molecule has 2 aromatic carbocycles. The topological polar surface area (TPSA) is 55.2 Å². The number of aromatic nitrogens is 2. The second-order valence-corrected chi connectivity index (χ2v) is 6.53. The zero-order valence-corrected chi connectivity index (χ0v) is 14.6. The second-order valence-electron chi connectivity index (χ2n) is 6.53. The number of aryl methyl sites for hydroxylation is 1. The highest BCUT2D eigenvalue weighted by atomic mass is 19.1. The molecule has 0 bridgehead atoms. The fraction of sp³-hybridized carbons (Fsp3) is 0.190. The Hall–Kier alpha value is -3.28. The van der Waals surface area contributed by atoms with Crippen molar-refractivity contribution in [2.24, 2.45) is 0 Å². The highest BCUT2D eigenvalue weighted by Crippen LogP contribution is 2.27. The summed E-state index contributed by atoms with van der Waals surface area (Å²) in [6, 6.07) is 16.5. The Labute approximate surface area is 155 Å². The number of nitrogens with zero attached hydrogens (tertiary/aromatic N) is 3. The molecule has 0 spiro atoms. The molecule has 0 N–H and O–H groups in total. The van der Waals surface area contributed by atoms with Crippen molar-refractivity contribution in [1.82, 2.24) is 9.78 Å². The van der Waals surface area contributed by atoms with Crippen LogP contribution in [0.5, 0.6) is 0 Å². The molecule has 5 nitrogen and oxygen atoms in total. The van der Waals surface area contributed by atoms with E-state index in [9.17, 15) is 14.0 Å². The van der Waals surface area contributed by atoms with Gasteiger partial charge in [0.25, 0.3) is 11.5 Å². The fourth-order valence-corrected chi connectivity index (χ4v) is 3.32. The van der Waals surface area contributed by atoms with Crippen molar-refractivity contribution in [3.63, 3.8) is 0 Å². The molecule has 0 aliphatic carbocycles. The fourth-order valence-electron chi connectivity index (χ4n) is 3.32. The van der Waals surface area contributed by atoms with Crippen LogP contribution in [0.25, 0.3) is 0 Å². The number of benzene rings is 2. The summed E-state index contributed by atoms with van der Waals surface area (Å²) in [5.41, 5.74) is 2.67. The van der Waals surface area contributed by atoms with E-state index >= 15 is 0 Å². The van der Waals surface area contributed by atoms with Gasteiger partial charge in [0.15, 0.2) is 0 Å². The summed E-state index contributed by atoms with van der Waals surface area (Å²) in [4.78, 5) is 26.9. The van der Waals surface area contributed by atoms with Gasteiger partial charge in [-0.15, -0.1) is 0 Å². The quantitative estimate of drug-likeness (QED) is 0.719. The first-order chi connectivity index (χ1) is 13.1. The smallest absolute Gasteiger partial charge is 0.278 e. The second kappa shape index (κ2) is 7.15. The van der Waals surface area contributed by atoms with Crippen LogP contribution in [0.15, 0.2) is 65.5 Å². The molecule has 3 aromatic rings. The van der Waals surface area contributed by atoms with E-state index in [0.29, 0.717) is 6.54 Å². The predicted octanol–water partition coefficient (Wildman–Crippen LogP) is 3.02. The Morgan fingerprint density at radius 1 is 1.04 bits per heavy atom. The first-order valence-corrected chi connectivity index (χ1v) is 8.84. The molecule has 1 aromatic heterocycles. The van der Waals surface area contributed by atoms with Crippen LogP contribution in [0.1, 0.15) is 28.0 Å². The minimum absolute atomic E-state index is 0.177. The minimum atomic E-state index is -0.341. The molecule has 0 fully saturated rings. The van der Waals surface area contributed by atoms with Crippen molar-refractivity contribution >= 4 is 11.6 Å². The van der Waals surface area contributed by atoms with Crippen LogP contribution < -0.4 is 10.5 Å². The van der Waals surface area contributed by atoms with E-state index in [-0.39, 0.29) is 29.5 Å². The van der Waals surface area contributed by atoms with Gasteiger partial charge in [-0.3, -0.25) is 9.59 Å². The molecule has 1 aliphatic rings. The number of fused-ring (bicyclic) bond motifs is 1. The molecule has 0 saturated heterocycles. The van der Waals surface area contributed by atoms with Crippen LogP contribution in [0.4, 0.5) is 10.1 Å². The Morgan fingerprint density at radius 2 is 1.81 bits per heavy atom. The summed E-state index contributed by atoms with van der Waals surface area (Å²) in [6.45, 7) is 0.797. The van der Waals surface area contributed by atoms with Crippen LogP contribution in [-0.4, -0.2) is 22.2 Å². The number of hydrogen-bond acceptors (Lipinski definition) is 3. The lowest BCUT2D eigenvalue weighted by atomic mass is 10.0. The Morgan fingerprint density at radius 3 is 2.63 bits per heavy atom. The first kappa shape index (κ1) is 17.1. The lowest BCUT2D eigenvalue weighted by molar-refractivity contribution is 0.0978. The lowest BCUT2D eigenvalue weighted by Gasteiger charge is -2.29. The lowest BCUT2D eigenvalue weighted by Crippen LogP contribution is -2.37. The van der Waals surface area contributed by atoms with Crippen molar-refractivity contribution in [1.29, 1.82) is 0 Å². The summed E-state index contributed by atoms with van der Waals surface area (Å²) < 4.78 is 14.3. The maximum Gasteiger partial charge on any atom is 0.278 e. The Bertz CT molecular complexity index is 1040. The number of anilines is 1. The average molecular weight is 363 g/mol. The van der Waals surface area contributed by atoms with Gasteiger partial charge in [0.2, 0.25) is 0 Å². The number of hydrogen-bond donors (Lipinski definition) is 0. The highest BCUT2D eigenvalue weighted by molar-refractivity contribution is 6.05. The number of carbonyl (C=O) groups is 1. The van der Waals surface area contributed by atoms with E-state index in [1.807, 2.05) is 24.3 Å². The van der Waals surface area contributed by atoms with Gasteiger partial charge in [-0.25, -0.2) is 9.07 Å². The molecular formula is C21H18FN3O2. The number of carbonyl (C=O) groups excluding carboxylic acids is 1. The normalized spacial score (nSPS) is 13.3. The molecule has 136 valence electrons. The predicted molar refractivity (Wildman–Crippen MR) is 100 cm³/mol. The summed E-state index contributed by atoms with van der Waals surface area (Å²) in [6.07, 6.45) is 1.83. The van der Waals surface area contributed by atoms with Crippen LogP contribution in [0.2, 0.25) is 0 Å². The van der Waals surface area contributed by atoms with Gasteiger partial charge < -0.3 is 4.90 Å². The zero-order valence-electron chi connectivity index (χ0n) is 14.6. The molecule has 1 aliphatic heterocycles. The molecule has 0 saturated carbocycles. The standard InChI is InChI=1S/C21H18FN3O2/c22-17-9-7-15(8-10-17)14-25-20(26)12-11-18(23-25)21(27)24-13-3-5-16-4-1-2-6-19(16)24/h1-2,4,6-12H,3,5,13-14H2. The molecule has 0 unspecified atom stereocenters. The van der Waals surface area contributed by atoms with Crippen molar-refractivity contribution < 1.29 is 9.18 Å². The molecule has 1 amide bonds. The Balaban J connectivity index is 1.64.